The molecule has 0 radical (unpaired) electrons. The summed E-state index contributed by atoms with van der Waals surface area (Å²) in [5.74, 6) is -0.0498. The maximum atomic E-state index is 12.6. The van der Waals surface area contributed by atoms with Crippen molar-refractivity contribution in [2.75, 3.05) is 13.2 Å². The number of aliphatic hydroxyl groups excluding tert-OH is 2. The van der Waals surface area contributed by atoms with Crippen LogP contribution in [0.15, 0.2) is 48.6 Å². The van der Waals surface area contributed by atoms with Gasteiger partial charge in [-0.2, -0.15) is 0 Å². The number of carbonyl (C=O) groups is 2. The van der Waals surface area contributed by atoms with E-state index < -0.39 is 12.1 Å². The van der Waals surface area contributed by atoms with Gasteiger partial charge in [0.15, 0.2) is 0 Å². The summed E-state index contributed by atoms with van der Waals surface area (Å²) in [5, 5.41) is 23.3. The maximum absolute atomic E-state index is 12.6. The number of nitrogens with one attached hydrogen (secondary N) is 1. The van der Waals surface area contributed by atoms with Gasteiger partial charge in [0, 0.05) is 12.8 Å². The molecule has 0 fully saturated rings. The van der Waals surface area contributed by atoms with Crippen molar-refractivity contribution in [2.24, 2.45) is 0 Å². The Morgan fingerprint density at radius 3 is 0.839 bits per heavy atom. The highest BCUT2D eigenvalue weighted by Gasteiger charge is 2.18. The first-order valence-corrected chi connectivity index (χ1v) is 42.4. The minimum absolute atomic E-state index is 0.00933. The van der Waals surface area contributed by atoms with Gasteiger partial charge in [-0.3, -0.25) is 9.59 Å². The molecule has 0 aromatic heterocycles. The number of esters is 1. The predicted molar refractivity (Wildman–Crippen MR) is 412 cm³/mol. The number of hydrogen-bond acceptors (Lipinski definition) is 5. The van der Waals surface area contributed by atoms with Gasteiger partial charge in [0.05, 0.1) is 25.4 Å². The fraction of sp³-hybridized carbons (Fsp3) is 0.885. The molecule has 0 aliphatic rings. The molecule has 0 aromatic rings. The molecule has 0 aliphatic heterocycles. The van der Waals surface area contributed by atoms with Gasteiger partial charge in [-0.05, 0) is 89.9 Å². The van der Waals surface area contributed by atoms with E-state index in [-0.39, 0.29) is 18.5 Å². The van der Waals surface area contributed by atoms with Gasteiger partial charge in [0.1, 0.15) is 0 Å². The summed E-state index contributed by atoms with van der Waals surface area (Å²) in [7, 11) is 0. The fourth-order valence-corrected chi connectivity index (χ4v) is 13.4. The van der Waals surface area contributed by atoms with E-state index in [4.69, 9.17) is 4.74 Å². The molecule has 0 bridgehead atoms. The summed E-state index contributed by atoms with van der Waals surface area (Å²) >= 11 is 0. The van der Waals surface area contributed by atoms with Crippen LogP contribution >= 0.6 is 0 Å². The summed E-state index contributed by atoms with van der Waals surface area (Å²) in [4.78, 5) is 24.6. The Kier molecular flexibility index (Phi) is 80.3. The van der Waals surface area contributed by atoms with Crippen molar-refractivity contribution in [1.29, 1.82) is 0 Å². The van der Waals surface area contributed by atoms with Crippen LogP contribution < -0.4 is 5.32 Å². The first-order chi connectivity index (χ1) is 46.0. The Morgan fingerprint density at radius 1 is 0.301 bits per heavy atom. The van der Waals surface area contributed by atoms with E-state index >= 15 is 0 Å². The number of unbranched alkanes of at least 4 members (excludes halogenated alkanes) is 63. The maximum Gasteiger partial charge on any atom is 0.305 e. The van der Waals surface area contributed by atoms with Crippen molar-refractivity contribution in [3.8, 4) is 0 Å². The van der Waals surface area contributed by atoms with Crippen LogP contribution in [0.4, 0.5) is 0 Å². The largest absolute Gasteiger partial charge is 0.466 e. The zero-order chi connectivity index (χ0) is 67.0. The van der Waals surface area contributed by atoms with E-state index in [0.29, 0.717) is 19.4 Å². The first-order valence-electron chi connectivity index (χ1n) is 42.4. The molecule has 0 saturated carbocycles. The van der Waals surface area contributed by atoms with Crippen LogP contribution in [-0.4, -0.2) is 47.4 Å². The van der Waals surface area contributed by atoms with Gasteiger partial charge in [0.2, 0.25) is 5.91 Å². The van der Waals surface area contributed by atoms with Gasteiger partial charge < -0.3 is 20.3 Å². The third-order valence-electron chi connectivity index (χ3n) is 19.8. The number of carbonyl (C=O) groups excluding carboxylic acids is 2. The van der Waals surface area contributed by atoms with Crippen LogP contribution in [0.5, 0.6) is 0 Å². The lowest BCUT2D eigenvalue weighted by Crippen LogP contribution is -2.45. The summed E-state index contributed by atoms with van der Waals surface area (Å²) in [6, 6.07) is -0.626. The highest BCUT2D eigenvalue weighted by atomic mass is 16.5. The van der Waals surface area contributed by atoms with Crippen LogP contribution in [0, 0.1) is 0 Å². The fourth-order valence-electron chi connectivity index (χ4n) is 13.4. The zero-order valence-corrected chi connectivity index (χ0v) is 63.0. The van der Waals surface area contributed by atoms with Gasteiger partial charge in [-0.15, -0.1) is 0 Å². The standard InChI is InChI=1S/C87H165NO5/c1-3-5-7-9-11-13-15-17-19-21-22-42-45-48-51-55-59-63-67-71-75-79-85(90)84(83-89)88-86(91)80-76-72-68-64-60-56-52-49-46-43-40-38-36-34-32-30-28-26-24-23-25-27-29-31-33-35-37-39-41-44-47-50-54-58-62-66-70-74-78-82-93-87(92)81-77-73-69-65-61-57-53-20-18-16-14-12-10-8-6-4-2/h14,16,20,23-24,53,75,79,84-85,89-90H,3-13,15,17-19,21-22,25-52,54-74,76-78,80-83H2,1-2H3,(H,88,91)/b16-14-,24-23-,53-20-,79-75+. The molecular formula is C87H165NO5. The lowest BCUT2D eigenvalue weighted by atomic mass is 10.0. The molecular weight excluding hydrogens is 1140 g/mol. The highest BCUT2D eigenvalue weighted by Crippen LogP contribution is 2.20. The van der Waals surface area contributed by atoms with Gasteiger partial charge in [-0.25, -0.2) is 0 Å². The smallest absolute Gasteiger partial charge is 0.305 e. The quantitative estimate of drug-likeness (QED) is 0.0320. The molecule has 2 unspecified atom stereocenters. The van der Waals surface area contributed by atoms with Crippen molar-refractivity contribution in [3.63, 3.8) is 0 Å². The number of allylic oxidation sites excluding steroid dienone is 7. The Balaban J connectivity index is 3.35. The average molecular weight is 1310 g/mol. The van der Waals surface area contributed by atoms with Crippen LogP contribution in [0.2, 0.25) is 0 Å². The van der Waals surface area contributed by atoms with E-state index in [2.05, 4.69) is 55.6 Å². The first kappa shape index (κ1) is 90.8. The SMILES string of the molecule is CCCCCC/C=C\C/C=C\CCCCCCCC(=O)OCCCCCCCCCCCCCCCCCCCC/C=C\CCCCCCCCCCCCCCCCCCCC(=O)NC(CO)C(O)/C=C/CCCCCCCCCCCCCCCCCCCCC. The molecule has 0 rings (SSSR count). The predicted octanol–water partition coefficient (Wildman–Crippen LogP) is 28.3. The molecule has 3 N–H and O–H groups in total. The van der Waals surface area contributed by atoms with Crippen LogP contribution in [0.3, 0.4) is 0 Å². The number of ether oxygens (including phenoxy) is 1. The van der Waals surface area contributed by atoms with Crippen LogP contribution in [0.25, 0.3) is 0 Å². The van der Waals surface area contributed by atoms with E-state index in [1.54, 1.807) is 6.08 Å². The second-order valence-electron chi connectivity index (χ2n) is 29.2. The number of amides is 1. The van der Waals surface area contributed by atoms with E-state index in [0.717, 1.165) is 51.4 Å². The minimum atomic E-state index is -0.843. The topological polar surface area (TPSA) is 95.9 Å². The molecule has 0 heterocycles. The minimum Gasteiger partial charge on any atom is -0.466 e. The van der Waals surface area contributed by atoms with Crippen molar-refractivity contribution >= 4 is 11.9 Å². The van der Waals surface area contributed by atoms with Crippen molar-refractivity contribution in [1.82, 2.24) is 5.32 Å². The molecule has 93 heavy (non-hydrogen) atoms. The van der Waals surface area contributed by atoms with E-state index in [1.807, 2.05) is 6.08 Å². The van der Waals surface area contributed by atoms with E-state index in [1.165, 1.54) is 392 Å². The summed E-state index contributed by atoms with van der Waals surface area (Å²) in [5.41, 5.74) is 0. The average Bonchev–Trinajstić information content (AvgIpc) is 3.78. The molecule has 0 saturated heterocycles. The molecule has 2 atom stereocenters. The monoisotopic (exact) mass is 1300 g/mol. The van der Waals surface area contributed by atoms with Gasteiger partial charge in [0.25, 0.3) is 0 Å². The van der Waals surface area contributed by atoms with Crippen molar-refractivity contribution < 1.29 is 24.5 Å². The number of aliphatic hydroxyl groups is 2. The Bertz CT molecular complexity index is 1550. The van der Waals surface area contributed by atoms with Crippen molar-refractivity contribution in [3.05, 3.63) is 48.6 Å². The highest BCUT2D eigenvalue weighted by molar-refractivity contribution is 5.76. The molecule has 6 heteroatoms. The number of rotatable bonds is 80. The Hall–Kier alpha value is -2.18. The third kappa shape index (κ3) is 78.7. The summed E-state index contributed by atoms with van der Waals surface area (Å²) in [6.07, 6.45) is 110. The summed E-state index contributed by atoms with van der Waals surface area (Å²) < 4.78 is 5.50. The van der Waals surface area contributed by atoms with Crippen LogP contribution in [-0.2, 0) is 14.3 Å². The zero-order valence-electron chi connectivity index (χ0n) is 63.0. The van der Waals surface area contributed by atoms with Crippen LogP contribution in [0.1, 0.15) is 470 Å². The second kappa shape index (κ2) is 82.2. The lowest BCUT2D eigenvalue weighted by Gasteiger charge is -2.20. The normalized spacial score (nSPS) is 12.7. The second-order valence-corrected chi connectivity index (χ2v) is 29.2. The molecule has 6 nitrogen and oxygen atoms in total. The van der Waals surface area contributed by atoms with Crippen molar-refractivity contribution in [2.45, 2.75) is 482 Å². The Morgan fingerprint density at radius 2 is 0.538 bits per heavy atom. The molecule has 0 aromatic carbocycles. The number of hydrogen-bond donors (Lipinski definition) is 3. The van der Waals surface area contributed by atoms with Gasteiger partial charge in [-0.1, -0.05) is 416 Å². The lowest BCUT2D eigenvalue weighted by molar-refractivity contribution is -0.143. The molecule has 1 amide bonds. The third-order valence-corrected chi connectivity index (χ3v) is 19.8. The van der Waals surface area contributed by atoms with E-state index in [9.17, 15) is 19.8 Å². The Labute approximate surface area is 582 Å². The molecule has 0 aliphatic carbocycles. The van der Waals surface area contributed by atoms with Gasteiger partial charge >= 0.3 is 5.97 Å². The molecule has 0 spiro atoms. The summed E-state index contributed by atoms with van der Waals surface area (Å²) in [6.45, 7) is 4.93. The molecule has 548 valence electrons.